The van der Waals surface area contributed by atoms with E-state index in [0.29, 0.717) is 5.69 Å². The third kappa shape index (κ3) is 4.43. The summed E-state index contributed by atoms with van der Waals surface area (Å²) in [6.45, 7) is 1.13. The van der Waals surface area contributed by atoms with Crippen LogP contribution in [0.2, 0.25) is 0 Å². The van der Waals surface area contributed by atoms with Gasteiger partial charge in [-0.05, 0) is 31.4 Å². The highest BCUT2D eigenvalue weighted by Crippen LogP contribution is 2.06. The molecule has 0 fully saturated rings. The average molecular weight is 205 g/mol. The standard InChI is InChI=1S/C11H15N3O/c12-8-10-4-5-11(9-14-10)13-6-2-1-3-7-15/h4-5,9,13,15H,1-3,6-7H2. The van der Waals surface area contributed by atoms with Gasteiger partial charge in [-0.15, -0.1) is 0 Å². The Bertz CT molecular complexity index is 316. The van der Waals surface area contributed by atoms with E-state index in [-0.39, 0.29) is 6.61 Å². The van der Waals surface area contributed by atoms with Gasteiger partial charge >= 0.3 is 0 Å². The molecule has 0 spiro atoms. The Morgan fingerprint density at radius 1 is 1.33 bits per heavy atom. The molecule has 0 amide bonds. The zero-order chi connectivity index (χ0) is 10.9. The van der Waals surface area contributed by atoms with Crippen LogP contribution >= 0.6 is 0 Å². The highest BCUT2D eigenvalue weighted by atomic mass is 16.2. The maximum Gasteiger partial charge on any atom is 0.140 e. The molecule has 0 aliphatic carbocycles. The van der Waals surface area contributed by atoms with Crippen LogP contribution in [0, 0.1) is 11.3 Å². The lowest BCUT2D eigenvalue weighted by molar-refractivity contribution is 0.283. The summed E-state index contributed by atoms with van der Waals surface area (Å²) in [5.74, 6) is 0. The van der Waals surface area contributed by atoms with E-state index in [0.717, 1.165) is 31.5 Å². The molecule has 0 radical (unpaired) electrons. The molecule has 15 heavy (non-hydrogen) atoms. The molecule has 0 aromatic carbocycles. The van der Waals surface area contributed by atoms with Gasteiger partial charge in [0.1, 0.15) is 11.8 Å². The fraction of sp³-hybridized carbons (Fsp3) is 0.455. The number of unbranched alkanes of at least 4 members (excludes halogenated alkanes) is 2. The third-order valence-corrected chi connectivity index (χ3v) is 2.04. The SMILES string of the molecule is N#Cc1ccc(NCCCCCO)cn1. The van der Waals surface area contributed by atoms with Crippen molar-refractivity contribution in [2.45, 2.75) is 19.3 Å². The number of nitrogens with zero attached hydrogens (tertiary/aromatic N) is 2. The van der Waals surface area contributed by atoms with Crippen molar-refractivity contribution in [2.75, 3.05) is 18.5 Å². The summed E-state index contributed by atoms with van der Waals surface area (Å²) in [6, 6.07) is 5.51. The van der Waals surface area contributed by atoms with Gasteiger partial charge in [0.25, 0.3) is 0 Å². The van der Waals surface area contributed by atoms with Crippen molar-refractivity contribution in [1.82, 2.24) is 4.98 Å². The normalized spacial score (nSPS) is 9.60. The minimum absolute atomic E-state index is 0.262. The number of hydrogen-bond acceptors (Lipinski definition) is 4. The first kappa shape index (κ1) is 11.5. The van der Waals surface area contributed by atoms with E-state index in [9.17, 15) is 0 Å². The summed E-state index contributed by atoms with van der Waals surface area (Å²) < 4.78 is 0. The molecule has 1 aromatic heterocycles. The molecule has 0 unspecified atom stereocenters. The van der Waals surface area contributed by atoms with Gasteiger partial charge in [0.05, 0.1) is 11.9 Å². The molecule has 0 bridgehead atoms. The number of anilines is 1. The lowest BCUT2D eigenvalue weighted by Crippen LogP contribution is -2.02. The van der Waals surface area contributed by atoms with E-state index in [1.54, 1.807) is 12.3 Å². The number of nitriles is 1. The Hall–Kier alpha value is -1.60. The summed E-state index contributed by atoms with van der Waals surface area (Å²) in [5.41, 5.74) is 1.36. The van der Waals surface area contributed by atoms with Crippen molar-refractivity contribution in [3.63, 3.8) is 0 Å². The van der Waals surface area contributed by atoms with Gasteiger partial charge in [0.15, 0.2) is 0 Å². The van der Waals surface area contributed by atoms with Crippen LogP contribution in [0.4, 0.5) is 5.69 Å². The monoisotopic (exact) mass is 205 g/mol. The van der Waals surface area contributed by atoms with Crippen molar-refractivity contribution >= 4 is 5.69 Å². The van der Waals surface area contributed by atoms with Crippen LogP contribution < -0.4 is 5.32 Å². The molecule has 0 saturated carbocycles. The van der Waals surface area contributed by atoms with Gasteiger partial charge in [-0.25, -0.2) is 4.98 Å². The molecule has 2 N–H and O–H groups in total. The van der Waals surface area contributed by atoms with Crippen LogP contribution in [0.25, 0.3) is 0 Å². The second-order valence-electron chi connectivity index (χ2n) is 3.25. The summed E-state index contributed by atoms with van der Waals surface area (Å²) in [7, 11) is 0. The van der Waals surface area contributed by atoms with Crippen LogP contribution in [-0.2, 0) is 0 Å². The summed E-state index contributed by atoms with van der Waals surface area (Å²) >= 11 is 0. The predicted molar refractivity (Wildman–Crippen MR) is 58.4 cm³/mol. The molecule has 0 saturated heterocycles. The minimum atomic E-state index is 0.262. The van der Waals surface area contributed by atoms with E-state index in [1.165, 1.54) is 0 Å². The van der Waals surface area contributed by atoms with Crippen molar-refractivity contribution in [3.8, 4) is 6.07 Å². The van der Waals surface area contributed by atoms with Crippen LogP contribution in [0.3, 0.4) is 0 Å². The topological polar surface area (TPSA) is 68.9 Å². The predicted octanol–water partition coefficient (Wildman–Crippen LogP) is 1.53. The molecular formula is C11H15N3O. The van der Waals surface area contributed by atoms with Crippen molar-refractivity contribution in [1.29, 1.82) is 5.26 Å². The molecule has 4 heteroatoms. The molecule has 1 aromatic rings. The van der Waals surface area contributed by atoms with Gasteiger partial charge in [0, 0.05) is 13.2 Å². The Morgan fingerprint density at radius 3 is 2.80 bits per heavy atom. The van der Waals surface area contributed by atoms with E-state index in [1.807, 2.05) is 12.1 Å². The second-order valence-corrected chi connectivity index (χ2v) is 3.25. The maximum atomic E-state index is 8.58. The summed E-state index contributed by atoms with van der Waals surface area (Å²) in [5, 5.41) is 20.3. The first-order valence-corrected chi connectivity index (χ1v) is 5.07. The quantitative estimate of drug-likeness (QED) is 0.691. The molecule has 80 valence electrons. The molecule has 4 nitrogen and oxygen atoms in total. The maximum absolute atomic E-state index is 8.58. The smallest absolute Gasteiger partial charge is 0.140 e. The van der Waals surface area contributed by atoms with E-state index < -0.39 is 0 Å². The third-order valence-electron chi connectivity index (χ3n) is 2.04. The van der Waals surface area contributed by atoms with Gasteiger partial charge in [-0.2, -0.15) is 5.26 Å². The molecule has 0 aliphatic rings. The van der Waals surface area contributed by atoms with E-state index >= 15 is 0 Å². The molecule has 0 atom stereocenters. The Labute approximate surface area is 89.6 Å². The first-order chi connectivity index (χ1) is 7.36. The Kier molecular flexibility index (Phi) is 5.20. The molecule has 1 heterocycles. The van der Waals surface area contributed by atoms with E-state index in [2.05, 4.69) is 10.3 Å². The van der Waals surface area contributed by atoms with Crippen molar-refractivity contribution in [2.24, 2.45) is 0 Å². The number of nitrogens with one attached hydrogen (secondary N) is 1. The number of pyridine rings is 1. The average Bonchev–Trinajstić information content (AvgIpc) is 2.30. The van der Waals surface area contributed by atoms with E-state index in [4.69, 9.17) is 10.4 Å². The van der Waals surface area contributed by atoms with Crippen LogP contribution in [-0.4, -0.2) is 23.2 Å². The highest BCUT2D eigenvalue weighted by molar-refractivity contribution is 5.42. The van der Waals surface area contributed by atoms with Crippen molar-refractivity contribution in [3.05, 3.63) is 24.0 Å². The van der Waals surface area contributed by atoms with Gasteiger partial charge < -0.3 is 10.4 Å². The van der Waals surface area contributed by atoms with Gasteiger partial charge in [-0.1, -0.05) is 0 Å². The van der Waals surface area contributed by atoms with Gasteiger partial charge in [0.2, 0.25) is 0 Å². The molecule has 0 aliphatic heterocycles. The summed E-state index contributed by atoms with van der Waals surface area (Å²) in [4.78, 5) is 3.95. The lowest BCUT2D eigenvalue weighted by Gasteiger charge is -2.04. The number of hydrogen-bond donors (Lipinski definition) is 2. The fourth-order valence-corrected chi connectivity index (χ4v) is 1.21. The van der Waals surface area contributed by atoms with Crippen molar-refractivity contribution < 1.29 is 5.11 Å². The molecule has 1 rings (SSSR count). The largest absolute Gasteiger partial charge is 0.396 e. The van der Waals surface area contributed by atoms with Gasteiger partial charge in [-0.3, -0.25) is 0 Å². The number of aliphatic hydroxyl groups excluding tert-OH is 1. The first-order valence-electron chi connectivity index (χ1n) is 5.07. The highest BCUT2D eigenvalue weighted by Gasteiger charge is 1.94. The second kappa shape index (κ2) is 6.80. The van der Waals surface area contributed by atoms with Crippen LogP contribution in [0.5, 0.6) is 0 Å². The zero-order valence-corrected chi connectivity index (χ0v) is 8.61. The lowest BCUT2D eigenvalue weighted by atomic mass is 10.2. The number of rotatable bonds is 6. The number of aliphatic hydroxyl groups is 1. The Morgan fingerprint density at radius 2 is 2.20 bits per heavy atom. The van der Waals surface area contributed by atoms with Crippen LogP contribution in [0.15, 0.2) is 18.3 Å². The minimum Gasteiger partial charge on any atom is -0.396 e. The fourth-order valence-electron chi connectivity index (χ4n) is 1.21. The number of aromatic nitrogens is 1. The van der Waals surface area contributed by atoms with Crippen LogP contribution in [0.1, 0.15) is 25.0 Å². The zero-order valence-electron chi connectivity index (χ0n) is 8.61. The summed E-state index contributed by atoms with van der Waals surface area (Å²) in [6.07, 6.45) is 4.56. The molecular weight excluding hydrogens is 190 g/mol. The Balaban J connectivity index is 2.23.